The van der Waals surface area contributed by atoms with Gasteiger partial charge in [0.2, 0.25) is 0 Å². The molecule has 17 heavy (non-hydrogen) atoms. The number of hydrogen-bond acceptors (Lipinski definition) is 4. The fraction of sp³-hybridized carbons (Fsp3) is 0.385. The quantitative estimate of drug-likeness (QED) is 0.825. The van der Waals surface area contributed by atoms with Crippen LogP contribution >= 0.6 is 11.3 Å². The topological polar surface area (TPSA) is 37.8 Å². The summed E-state index contributed by atoms with van der Waals surface area (Å²) in [5, 5.41) is 13.8. The molecular weight excluding hydrogens is 230 g/mol. The first-order valence-corrected chi connectivity index (χ1v) is 6.65. The maximum Gasteiger partial charge on any atom is 0.147 e. The molecule has 1 N–H and O–H groups in total. The fourth-order valence-corrected chi connectivity index (χ4v) is 2.54. The third kappa shape index (κ3) is 3.35. The summed E-state index contributed by atoms with van der Waals surface area (Å²) in [6, 6.07) is 8.40. The molecule has 0 atom stereocenters. The molecule has 1 aromatic carbocycles. The molecule has 3 nitrogen and oxygen atoms in total. The number of nitrogens with zero attached hydrogens (tertiary/aromatic N) is 2. The van der Waals surface area contributed by atoms with E-state index in [4.69, 9.17) is 0 Å². The highest BCUT2D eigenvalue weighted by Gasteiger charge is 2.06. The number of rotatable bonds is 5. The molecule has 0 radical (unpaired) electrons. The first-order chi connectivity index (χ1) is 8.29. The van der Waals surface area contributed by atoms with Crippen LogP contribution in [0.4, 0.5) is 0 Å². The fourth-order valence-electron chi connectivity index (χ4n) is 1.67. The van der Waals surface area contributed by atoms with E-state index in [1.807, 2.05) is 7.05 Å². The molecule has 0 saturated carbocycles. The van der Waals surface area contributed by atoms with Crippen LogP contribution in [0.2, 0.25) is 0 Å². The van der Waals surface area contributed by atoms with Gasteiger partial charge in [-0.3, -0.25) is 0 Å². The molecule has 0 amide bonds. The van der Waals surface area contributed by atoms with E-state index in [1.54, 1.807) is 11.3 Å². The Morgan fingerprint density at radius 2 is 2.18 bits per heavy atom. The van der Waals surface area contributed by atoms with E-state index >= 15 is 0 Å². The lowest BCUT2D eigenvalue weighted by atomic mass is 10.1. The molecule has 0 bridgehead atoms. The second-order valence-electron chi connectivity index (χ2n) is 4.08. The predicted molar refractivity (Wildman–Crippen MR) is 72.3 cm³/mol. The average Bonchev–Trinajstić information content (AvgIpc) is 2.78. The van der Waals surface area contributed by atoms with Gasteiger partial charge in [-0.25, -0.2) is 0 Å². The summed E-state index contributed by atoms with van der Waals surface area (Å²) in [4.78, 5) is 0. The van der Waals surface area contributed by atoms with Gasteiger partial charge < -0.3 is 5.32 Å². The summed E-state index contributed by atoms with van der Waals surface area (Å²) in [7, 11) is 1.97. The number of benzene rings is 1. The molecule has 1 aromatic heterocycles. The molecular formula is C13H17N3S. The van der Waals surface area contributed by atoms with Crippen LogP contribution in [0.5, 0.6) is 0 Å². The SMILES string of the molecule is CNCCCc1nnc(-c2cccc(C)c2)s1. The van der Waals surface area contributed by atoms with Crippen molar-refractivity contribution in [1.82, 2.24) is 15.5 Å². The lowest BCUT2D eigenvalue weighted by Gasteiger charge is -1.96. The zero-order valence-corrected chi connectivity index (χ0v) is 11.0. The maximum atomic E-state index is 4.25. The van der Waals surface area contributed by atoms with E-state index in [0.29, 0.717) is 0 Å². The van der Waals surface area contributed by atoms with Crippen molar-refractivity contribution < 1.29 is 0 Å². The lowest BCUT2D eigenvalue weighted by molar-refractivity contribution is 0.718. The zero-order valence-electron chi connectivity index (χ0n) is 10.2. The summed E-state index contributed by atoms with van der Waals surface area (Å²) in [5.41, 5.74) is 2.43. The monoisotopic (exact) mass is 247 g/mol. The van der Waals surface area contributed by atoms with Crippen LogP contribution in [0.3, 0.4) is 0 Å². The third-order valence-corrected chi connectivity index (χ3v) is 3.58. The molecule has 2 aromatic rings. The minimum Gasteiger partial charge on any atom is -0.320 e. The Hall–Kier alpha value is -1.26. The minimum absolute atomic E-state index is 1.00. The smallest absolute Gasteiger partial charge is 0.147 e. The first kappa shape index (κ1) is 12.2. The Balaban J connectivity index is 2.07. The van der Waals surface area contributed by atoms with Gasteiger partial charge in [-0.15, -0.1) is 10.2 Å². The van der Waals surface area contributed by atoms with E-state index in [0.717, 1.165) is 29.4 Å². The van der Waals surface area contributed by atoms with Gasteiger partial charge in [-0.1, -0.05) is 35.1 Å². The summed E-state index contributed by atoms with van der Waals surface area (Å²) in [6.45, 7) is 3.12. The van der Waals surface area contributed by atoms with E-state index in [2.05, 4.69) is 46.7 Å². The zero-order chi connectivity index (χ0) is 12.1. The van der Waals surface area contributed by atoms with Crippen molar-refractivity contribution >= 4 is 11.3 Å². The minimum atomic E-state index is 1.00. The number of aromatic nitrogens is 2. The Bertz CT molecular complexity index is 479. The molecule has 90 valence electrons. The second kappa shape index (κ2) is 5.89. The Morgan fingerprint density at radius 1 is 1.29 bits per heavy atom. The second-order valence-corrected chi connectivity index (χ2v) is 5.14. The Morgan fingerprint density at radius 3 is 2.94 bits per heavy atom. The van der Waals surface area contributed by atoms with Gasteiger partial charge in [0.1, 0.15) is 10.0 Å². The molecule has 0 fully saturated rings. The molecule has 4 heteroatoms. The summed E-state index contributed by atoms with van der Waals surface area (Å²) >= 11 is 1.70. The molecule has 0 aliphatic carbocycles. The standard InChI is InChI=1S/C13H17N3S/c1-10-5-3-6-11(9-10)13-16-15-12(17-13)7-4-8-14-2/h3,5-6,9,14H,4,7-8H2,1-2H3. The molecule has 0 unspecified atom stereocenters. The summed E-state index contributed by atoms with van der Waals surface area (Å²) in [5.74, 6) is 0. The number of nitrogens with one attached hydrogen (secondary N) is 1. The molecule has 1 heterocycles. The normalized spacial score (nSPS) is 10.7. The predicted octanol–water partition coefficient (Wildman–Crippen LogP) is 2.67. The summed E-state index contributed by atoms with van der Waals surface area (Å²) < 4.78 is 0. The van der Waals surface area contributed by atoms with Gasteiger partial charge in [0.25, 0.3) is 0 Å². The molecule has 2 rings (SSSR count). The van der Waals surface area contributed by atoms with Crippen molar-refractivity contribution in [3.05, 3.63) is 34.8 Å². The van der Waals surface area contributed by atoms with Crippen molar-refractivity contribution in [2.75, 3.05) is 13.6 Å². The lowest BCUT2D eigenvalue weighted by Crippen LogP contribution is -2.08. The van der Waals surface area contributed by atoms with Crippen LogP contribution in [0.25, 0.3) is 10.6 Å². The molecule has 0 spiro atoms. The number of aryl methyl sites for hydroxylation is 2. The van der Waals surface area contributed by atoms with E-state index in [1.165, 1.54) is 11.1 Å². The van der Waals surface area contributed by atoms with Crippen molar-refractivity contribution in [1.29, 1.82) is 0 Å². The highest BCUT2D eigenvalue weighted by Crippen LogP contribution is 2.24. The van der Waals surface area contributed by atoms with E-state index in [9.17, 15) is 0 Å². The highest BCUT2D eigenvalue weighted by atomic mass is 32.1. The average molecular weight is 247 g/mol. The van der Waals surface area contributed by atoms with E-state index in [-0.39, 0.29) is 0 Å². The van der Waals surface area contributed by atoms with Crippen molar-refractivity contribution in [2.24, 2.45) is 0 Å². The van der Waals surface area contributed by atoms with Crippen LogP contribution in [0.15, 0.2) is 24.3 Å². The largest absolute Gasteiger partial charge is 0.320 e. The van der Waals surface area contributed by atoms with E-state index < -0.39 is 0 Å². The van der Waals surface area contributed by atoms with Crippen molar-refractivity contribution in [3.63, 3.8) is 0 Å². The highest BCUT2D eigenvalue weighted by molar-refractivity contribution is 7.14. The van der Waals surface area contributed by atoms with Gasteiger partial charge in [-0.05, 0) is 33.0 Å². The van der Waals surface area contributed by atoms with Gasteiger partial charge in [0.05, 0.1) is 0 Å². The Labute approximate surface area is 106 Å². The van der Waals surface area contributed by atoms with Crippen molar-refractivity contribution in [3.8, 4) is 10.6 Å². The van der Waals surface area contributed by atoms with Gasteiger partial charge in [0.15, 0.2) is 0 Å². The summed E-state index contributed by atoms with van der Waals surface area (Å²) in [6.07, 6.45) is 2.11. The third-order valence-electron chi connectivity index (χ3n) is 2.55. The first-order valence-electron chi connectivity index (χ1n) is 5.83. The van der Waals surface area contributed by atoms with Crippen molar-refractivity contribution in [2.45, 2.75) is 19.8 Å². The van der Waals surface area contributed by atoms with Crippen LogP contribution in [-0.2, 0) is 6.42 Å². The molecule has 0 saturated heterocycles. The van der Waals surface area contributed by atoms with Crippen LogP contribution < -0.4 is 5.32 Å². The number of hydrogen-bond donors (Lipinski definition) is 1. The van der Waals surface area contributed by atoms with Gasteiger partial charge in [-0.2, -0.15) is 0 Å². The Kier molecular flexibility index (Phi) is 4.23. The molecule has 0 aliphatic rings. The van der Waals surface area contributed by atoms with Crippen LogP contribution in [0, 0.1) is 6.92 Å². The van der Waals surface area contributed by atoms with Crippen LogP contribution in [0.1, 0.15) is 17.0 Å². The van der Waals surface area contributed by atoms with Gasteiger partial charge >= 0.3 is 0 Å². The van der Waals surface area contributed by atoms with Gasteiger partial charge in [0, 0.05) is 12.0 Å². The maximum absolute atomic E-state index is 4.25. The molecule has 0 aliphatic heterocycles. The van der Waals surface area contributed by atoms with Crippen LogP contribution in [-0.4, -0.2) is 23.8 Å².